The number of hydrogen-bond donors (Lipinski definition) is 4. The van der Waals surface area contributed by atoms with Gasteiger partial charge in [0.1, 0.15) is 28.9 Å². The maximum absolute atomic E-state index is 14.2. The number of piperidine rings is 2. The lowest BCUT2D eigenvalue weighted by Gasteiger charge is -2.39. The molecule has 4 N–H and O–H groups in total. The molecule has 0 saturated carbocycles. The summed E-state index contributed by atoms with van der Waals surface area (Å²) in [4.78, 5) is 79.3. The van der Waals surface area contributed by atoms with E-state index in [1.54, 1.807) is 35.4 Å². The molecule has 3 fully saturated rings. The van der Waals surface area contributed by atoms with E-state index in [4.69, 9.17) is 16.3 Å². The van der Waals surface area contributed by atoms with Crippen LogP contribution in [0, 0.1) is 21.4 Å². The normalized spacial score (nSPS) is 19.2. The van der Waals surface area contributed by atoms with Gasteiger partial charge in [0.2, 0.25) is 11.8 Å². The second-order valence-corrected chi connectivity index (χ2v) is 24.8. The van der Waals surface area contributed by atoms with Crippen molar-refractivity contribution in [3.8, 4) is 11.5 Å². The molecule has 21 heteroatoms. The molecule has 0 bridgehead atoms. The van der Waals surface area contributed by atoms with Gasteiger partial charge in [-0.05, 0) is 146 Å². The summed E-state index contributed by atoms with van der Waals surface area (Å²) in [5, 5.41) is 19.5. The highest BCUT2D eigenvalue weighted by molar-refractivity contribution is 7.90. The van der Waals surface area contributed by atoms with Crippen LogP contribution < -0.4 is 25.0 Å². The number of fused-ring (bicyclic) bond motifs is 2. The number of aromatic nitrogens is 2. The molecular weight excluding hydrogens is 1070 g/mol. The second-order valence-electron chi connectivity index (χ2n) is 22.7. The van der Waals surface area contributed by atoms with Crippen molar-refractivity contribution >= 4 is 78.9 Å². The predicted octanol–water partition coefficient (Wildman–Crippen LogP) is 8.95. The van der Waals surface area contributed by atoms with Gasteiger partial charge in [-0.2, -0.15) is 0 Å². The third kappa shape index (κ3) is 12.3. The van der Waals surface area contributed by atoms with Gasteiger partial charge in [-0.3, -0.25) is 39.5 Å². The van der Waals surface area contributed by atoms with Gasteiger partial charge < -0.3 is 29.7 Å². The van der Waals surface area contributed by atoms with Crippen molar-refractivity contribution in [2.45, 2.75) is 82.7 Å². The third-order valence-electron chi connectivity index (χ3n) is 16.7. The van der Waals surface area contributed by atoms with Crippen LogP contribution in [0.5, 0.6) is 11.5 Å². The number of ether oxygens (including phenoxy) is 1. The fourth-order valence-corrected chi connectivity index (χ4v) is 13.1. The maximum atomic E-state index is 14.2. The third-order valence-corrected chi connectivity index (χ3v) is 18.3. The number of carbonyl (C=O) groups excluding carboxylic acids is 4. The summed E-state index contributed by atoms with van der Waals surface area (Å²) in [5.41, 5.74) is 7.91. The number of imide groups is 1. The van der Waals surface area contributed by atoms with Crippen LogP contribution >= 0.6 is 11.6 Å². The molecule has 6 heterocycles. The molecule has 4 aromatic carbocycles. The Morgan fingerprint density at radius 1 is 0.914 bits per heavy atom. The van der Waals surface area contributed by atoms with E-state index in [1.807, 2.05) is 30.3 Å². The number of nitrogens with one attached hydrogen (secondary N) is 4. The zero-order valence-corrected chi connectivity index (χ0v) is 46.9. The number of carbonyl (C=O) groups is 4. The number of rotatable bonds is 17. The minimum absolute atomic E-state index is 0.0608. The van der Waals surface area contributed by atoms with Crippen molar-refractivity contribution in [2.24, 2.45) is 11.3 Å². The van der Waals surface area contributed by atoms with Gasteiger partial charge >= 0.3 is 0 Å². The number of piperazine rings is 1. The fourth-order valence-electron chi connectivity index (χ4n) is 12.0. The quantitative estimate of drug-likeness (QED) is 0.0380. The number of benzene rings is 4. The number of anilines is 2. The van der Waals surface area contributed by atoms with Crippen molar-refractivity contribution < 1.29 is 37.3 Å². The Bertz CT molecular complexity index is 3590. The average molecular weight is 1140 g/mol. The standard InChI is InChI=1S/C60H65ClN10O9S/c1-60(2)21-16-42(49(33-60)40-6-8-43(61)9-7-40)36-68-26-28-69(29-27-68)44-10-12-48(54(31-44)80-45-30-41-17-22-62-56(41)64-35-45)57(73)66-81(78,79)46-11-13-51(53(32-46)71(76)77)63-34-38-18-23-67(24-19-38)25-20-39-4-3-5-47-50(39)37-70(59(47)75)52-14-15-55(72)65-58(52)74/h3-13,17,22,30-32,35,38,52,63H,14-16,18-21,23-29,33-34,36-37H2,1-2H3,(H,62,64)(H,66,73)(H,65,72,74). The minimum atomic E-state index is -4.64. The highest BCUT2D eigenvalue weighted by Crippen LogP contribution is 2.44. The molecule has 3 saturated heterocycles. The van der Waals surface area contributed by atoms with Crippen LogP contribution in [0.1, 0.15) is 96.2 Å². The Balaban J connectivity index is 0.719. The summed E-state index contributed by atoms with van der Waals surface area (Å²) in [6, 6.07) is 25.4. The van der Waals surface area contributed by atoms with Crippen LogP contribution in [0.2, 0.25) is 5.02 Å². The number of sulfonamides is 1. The maximum Gasteiger partial charge on any atom is 0.293 e. The molecule has 5 aliphatic rings. The number of aromatic amines is 1. The number of hydrogen-bond acceptors (Lipinski definition) is 14. The number of amides is 4. The largest absolute Gasteiger partial charge is 0.455 e. The van der Waals surface area contributed by atoms with Crippen LogP contribution in [-0.2, 0) is 32.6 Å². The zero-order chi connectivity index (χ0) is 56.6. The van der Waals surface area contributed by atoms with E-state index in [0.717, 1.165) is 105 Å². The molecule has 2 aromatic heterocycles. The second kappa shape index (κ2) is 23.1. The lowest BCUT2D eigenvalue weighted by atomic mass is 9.72. The van der Waals surface area contributed by atoms with Crippen molar-refractivity contribution in [1.82, 2.24) is 34.7 Å². The summed E-state index contributed by atoms with van der Waals surface area (Å²) in [5.74, 6) is -1.32. The van der Waals surface area contributed by atoms with Gasteiger partial charge in [0.05, 0.1) is 21.6 Å². The van der Waals surface area contributed by atoms with E-state index in [0.29, 0.717) is 56.0 Å². The smallest absolute Gasteiger partial charge is 0.293 e. The van der Waals surface area contributed by atoms with Gasteiger partial charge in [0.25, 0.3) is 27.5 Å². The van der Waals surface area contributed by atoms with E-state index in [1.165, 1.54) is 41.1 Å². The van der Waals surface area contributed by atoms with Gasteiger partial charge in [-0.25, -0.2) is 18.1 Å². The molecule has 6 aromatic rings. The Labute approximate surface area is 475 Å². The molecular formula is C60H65ClN10O9S. The monoisotopic (exact) mass is 1140 g/mol. The summed E-state index contributed by atoms with van der Waals surface area (Å²) in [6.07, 6.45) is 9.26. The molecule has 0 spiro atoms. The molecule has 422 valence electrons. The number of allylic oxidation sites excluding steroid dienone is 1. The highest BCUT2D eigenvalue weighted by atomic mass is 35.5. The molecule has 1 aliphatic carbocycles. The first-order chi connectivity index (χ1) is 38.9. The Hall–Kier alpha value is -7.65. The van der Waals surface area contributed by atoms with E-state index >= 15 is 0 Å². The van der Waals surface area contributed by atoms with Gasteiger partial charge in [0.15, 0.2) is 0 Å². The summed E-state index contributed by atoms with van der Waals surface area (Å²) in [7, 11) is -4.64. The molecule has 0 radical (unpaired) electrons. The Kier molecular flexibility index (Phi) is 15.7. The molecule has 1 unspecified atom stereocenters. The zero-order valence-electron chi connectivity index (χ0n) is 45.3. The minimum Gasteiger partial charge on any atom is -0.455 e. The fraction of sp³-hybridized carbons (Fsp3) is 0.383. The number of halogens is 1. The van der Waals surface area contributed by atoms with Crippen LogP contribution in [0.4, 0.5) is 17.1 Å². The average Bonchev–Trinajstić information content (AvgIpc) is 4.32. The Morgan fingerprint density at radius 3 is 2.47 bits per heavy atom. The number of nitro groups is 1. The van der Waals surface area contributed by atoms with Crippen molar-refractivity contribution in [3.63, 3.8) is 0 Å². The number of H-pyrrole nitrogens is 1. The molecule has 4 aliphatic heterocycles. The molecule has 4 amide bonds. The SMILES string of the molecule is CC1(C)CCC(CN2CCN(c3ccc(C(=O)NS(=O)(=O)c4ccc(NCC5CCN(CCc6cccc7c6CN(C6CCC(=O)NC6=O)C7=O)CC5)c([N+](=O)[O-])c4)c(Oc4cnc5[nH]ccc5c4)c3)CC2)=C(c2ccc(Cl)cc2)C1. The van der Waals surface area contributed by atoms with Crippen LogP contribution in [0.25, 0.3) is 16.6 Å². The van der Waals surface area contributed by atoms with Crippen LogP contribution in [-0.4, -0.2) is 127 Å². The van der Waals surface area contributed by atoms with Gasteiger partial charge in [-0.15, -0.1) is 0 Å². The number of likely N-dealkylation sites (tertiary alicyclic amines) is 1. The van der Waals surface area contributed by atoms with Gasteiger partial charge in [-0.1, -0.05) is 55.3 Å². The Morgan fingerprint density at radius 2 is 1.70 bits per heavy atom. The summed E-state index contributed by atoms with van der Waals surface area (Å²) < 4.78 is 36.5. The lowest BCUT2D eigenvalue weighted by molar-refractivity contribution is -0.384. The number of nitro benzene ring substituents is 1. The molecule has 1 atom stereocenters. The first-order valence-corrected chi connectivity index (χ1v) is 29.6. The highest BCUT2D eigenvalue weighted by Gasteiger charge is 2.40. The van der Waals surface area contributed by atoms with Gasteiger partial charge in [0, 0.05) is 98.8 Å². The first-order valence-electron chi connectivity index (χ1n) is 27.7. The van der Waals surface area contributed by atoms with Crippen LogP contribution in [0.3, 0.4) is 0 Å². The summed E-state index contributed by atoms with van der Waals surface area (Å²) in [6.45, 7) is 11.6. The first kappa shape index (κ1) is 55.3. The van der Waals surface area contributed by atoms with Crippen molar-refractivity contribution in [3.05, 3.63) is 152 Å². The van der Waals surface area contributed by atoms with E-state index in [2.05, 4.69) is 66.0 Å². The van der Waals surface area contributed by atoms with Crippen LogP contribution in [0.15, 0.2) is 114 Å². The molecule has 81 heavy (non-hydrogen) atoms. The molecule has 19 nitrogen and oxygen atoms in total. The van der Waals surface area contributed by atoms with E-state index in [9.17, 15) is 37.7 Å². The van der Waals surface area contributed by atoms with E-state index < -0.39 is 43.4 Å². The topological polar surface area (TPSA) is 233 Å². The van der Waals surface area contributed by atoms with Crippen molar-refractivity contribution in [2.75, 3.05) is 69.1 Å². The van der Waals surface area contributed by atoms with Crippen molar-refractivity contribution in [1.29, 1.82) is 0 Å². The number of pyridine rings is 1. The summed E-state index contributed by atoms with van der Waals surface area (Å²) >= 11 is 6.27. The number of nitrogens with zero attached hydrogens (tertiary/aromatic N) is 6. The predicted molar refractivity (Wildman–Crippen MR) is 309 cm³/mol. The molecule has 11 rings (SSSR count). The lowest BCUT2D eigenvalue weighted by Crippen LogP contribution is -2.52. The van der Waals surface area contributed by atoms with E-state index in [-0.39, 0.29) is 46.6 Å².